The van der Waals surface area contributed by atoms with Gasteiger partial charge in [0.2, 0.25) is 6.35 Å². The average molecular weight is 765 g/mol. The third-order valence-corrected chi connectivity index (χ3v) is 7.72. The van der Waals surface area contributed by atoms with Gasteiger partial charge in [0.25, 0.3) is 0 Å². The van der Waals surface area contributed by atoms with Crippen molar-refractivity contribution in [2.24, 2.45) is 0 Å². The number of carbonyl (C=O) groups is 5. The lowest BCUT2D eigenvalue weighted by molar-refractivity contribution is -0.0937. The Labute approximate surface area is 317 Å². The van der Waals surface area contributed by atoms with Gasteiger partial charge in [-0.1, -0.05) is 74.0 Å². The van der Waals surface area contributed by atoms with E-state index in [2.05, 4.69) is 51.5 Å². The minimum absolute atomic E-state index is 0.116. The van der Waals surface area contributed by atoms with Crippen LogP contribution in [0.4, 0.5) is 24.0 Å². The van der Waals surface area contributed by atoms with E-state index in [4.69, 9.17) is 29.5 Å². The number of nitrogens with one attached hydrogen (secondary N) is 3. The standard InChI is InChI=1S/C36H56N6O12/c43-25-13-16-28-52-31(46)37-19-7-1-4-10-22-40-34(49)41(23-11-5-2-8-20-38-32(47)53-29-17-14-26-44)36(51)42(35(40)50)24-12-6-3-9-21-39-33(48)54-30-18-15-27-45/h34,43-45,49H,1-12,19-30H2,(H,37,46)(H,38,47)(H,39,48). The van der Waals surface area contributed by atoms with Gasteiger partial charge in [-0.05, 0) is 38.5 Å². The lowest BCUT2D eigenvalue weighted by Gasteiger charge is -2.44. The van der Waals surface area contributed by atoms with Gasteiger partial charge in [-0.15, -0.1) is 0 Å². The molecular formula is C36H56N6O12. The predicted molar refractivity (Wildman–Crippen MR) is 195 cm³/mol. The molecule has 18 nitrogen and oxygen atoms in total. The van der Waals surface area contributed by atoms with Crippen LogP contribution in [0.2, 0.25) is 0 Å². The summed E-state index contributed by atoms with van der Waals surface area (Å²) in [4.78, 5) is 65.6. The summed E-state index contributed by atoms with van der Waals surface area (Å²) in [6.07, 6.45) is 4.71. The van der Waals surface area contributed by atoms with Crippen molar-refractivity contribution in [2.75, 3.05) is 78.9 Å². The van der Waals surface area contributed by atoms with Crippen LogP contribution < -0.4 is 16.0 Å². The topological polar surface area (TPSA) is 240 Å². The number of aliphatic hydroxyl groups excluding tert-OH is 4. The van der Waals surface area contributed by atoms with Crippen LogP contribution in [-0.2, 0) is 14.2 Å². The van der Waals surface area contributed by atoms with Crippen molar-refractivity contribution in [1.29, 1.82) is 0 Å². The van der Waals surface area contributed by atoms with E-state index in [1.165, 1.54) is 9.80 Å². The molecule has 54 heavy (non-hydrogen) atoms. The number of carbonyl (C=O) groups excluding carboxylic acids is 5. The van der Waals surface area contributed by atoms with Gasteiger partial charge >= 0.3 is 30.3 Å². The summed E-state index contributed by atoms with van der Waals surface area (Å²) in [5.41, 5.74) is 0. The van der Waals surface area contributed by atoms with Gasteiger partial charge in [-0.2, -0.15) is 0 Å². The largest absolute Gasteiger partial charge is 0.436 e. The van der Waals surface area contributed by atoms with Crippen LogP contribution in [0.15, 0.2) is 0 Å². The number of hydrogen-bond acceptors (Lipinski definition) is 12. The molecular weight excluding hydrogens is 708 g/mol. The van der Waals surface area contributed by atoms with Crippen LogP contribution in [0.1, 0.15) is 77.0 Å². The van der Waals surface area contributed by atoms with E-state index in [0.29, 0.717) is 77.4 Å². The highest BCUT2D eigenvalue weighted by atomic mass is 16.6. The first kappa shape index (κ1) is 47.1. The van der Waals surface area contributed by atoms with E-state index in [1.807, 2.05) is 0 Å². The summed E-state index contributed by atoms with van der Waals surface area (Å²) in [7, 11) is 0. The van der Waals surface area contributed by atoms with E-state index in [1.54, 1.807) is 0 Å². The Kier molecular flexibility index (Phi) is 27.5. The Morgan fingerprint density at radius 2 is 0.815 bits per heavy atom. The van der Waals surface area contributed by atoms with Gasteiger partial charge in [0, 0.05) is 39.3 Å². The lowest BCUT2D eigenvalue weighted by atomic mass is 10.1. The van der Waals surface area contributed by atoms with Crippen LogP contribution in [0.25, 0.3) is 0 Å². The first-order chi connectivity index (χ1) is 26.3. The van der Waals surface area contributed by atoms with Crippen LogP contribution in [0, 0.1) is 35.5 Å². The Balaban J connectivity index is 2.58. The number of urea groups is 2. The highest BCUT2D eigenvalue weighted by molar-refractivity contribution is 5.96. The molecule has 0 unspecified atom stereocenters. The minimum Gasteiger partial charge on any atom is -0.436 e. The fraction of sp³-hybridized carbons (Fsp3) is 0.694. The van der Waals surface area contributed by atoms with Crippen LogP contribution in [0.3, 0.4) is 0 Å². The highest BCUT2D eigenvalue weighted by Gasteiger charge is 2.42. The average Bonchev–Trinajstić information content (AvgIpc) is 3.16. The maximum Gasteiger partial charge on any atom is 0.408 e. The Morgan fingerprint density at radius 3 is 1.15 bits per heavy atom. The van der Waals surface area contributed by atoms with Crippen molar-refractivity contribution < 1.29 is 58.6 Å². The molecule has 302 valence electrons. The lowest BCUT2D eigenvalue weighted by Crippen LogP contribution is -2.66. The van der Waals surface area contributed by atoms with Crippen molar-refractivity contribution >= 4 is 30.3 Å². The van der Waals surface area contributed by atoms with Gasteiger partial charge in [-0.25, -0.2) is 28.9 Å². The summed E-state index contributed by atoms with van der Waals surface area (Å²) in [6, 6.07) is -1.13. The Morgan fingerprint density at radius 1 is 0.500 bits per heavy atom. The molecule has 1 aliphatic heterocycles. The second kappa shape index (κ2) is 31.6. The third-order valence-electron chi connectivity index (χ3n) is 7.72. The molecule has 7 N–H and O–H groups in total. The van der Waals surface area contributed by atoms with Crippen molar-refractivity contribution in [3.8, 4) is 35.5 Å². The normalized spacial score (nSPS) is 12.4. The number of hydrogen-bond donors (Lipinski definition) is 7. The molecule has 0 aromatic heterocycles. The molecule has 0 saturated carbocycles. The van der Waals surface area contributed by atoms with Gasteiger partial charge in [0.05, 0.1) is 0 Å². The first-order valence-corrected chi connectivity index (χ1v) is 18.2. The number of imide groups is 1. The molecule has 1 fully saturated rings. The first-order valence-electron chi connectivity index (χ1n) is 18.2. The molecule has 0 radical (unpaired) electrons. The van der Waals surface area contributed by atoms with Crippen molar-refractivity contribution in [1.82, 2.24) is 30.7 Å². The molecule has 1 rings (SSSR count). The second-order valence-electron chi connectivity index (χ2n) is 11.7. The number of aliphatic hydroxyl groups is 4. The third kappa shape index (κ3) is 22.2. The zero-order valence-electron chi connectivity index (χ0n) is 30.9. The zero-order valence-corrected chi connectivity index (χ0v) is 30.9. The van der Waals surface area contributed by atoms with Gasteiger partial charge < -0.3 is 50.6 Å². The van der Waals surface area contributed by atoms with Crippen molar-refractivity contribution in [3.63, 3.8) is 0 Å². The quantitative estimate of drug-likeness (QED) is 0.0418. The number of nitrogens with zero attached hydrogens (tertiary/aromatic N) is 3. The van der Waals surface area contributed by atoms with E-state index in [-0.39, 0.29) is 59.3 Å². The number of ether oxygens (including phenoxy) is 3. The molecule has 1 aliphatic rings. The van der Waals surface area contributed by atoms with E-state index in [9.17, 15) is 29.1 Å². The molecule has 0 aliphatic carbocycles. The summed E-state index contributed by atoms with van der Waals surface area (Å²) in [5.74, 6) is 14.6. The van der Waals surface area contributed by atoms with Gasteiger partial charge in [0.15, 0.2) is 19.8 Å². The van der Waals surface area contributed by atoms with Crippen LogP contribution in [-0.4, -0.2) is 151 Å². The Bertz CT molecular complexity index is 1240. The van der Waals surface area contributed by atoms with E-state index < -0.39 is 36.7 Å². The van der Waals surface area contributed by atoms with Crippen LogP contribution in [0.5, 0.6) is 0 Å². The fourth-order valence-corrected chi connectivity index (χ4v) is 4.99. The highest BCUT2D eigenvalue weighted by Crippen LogP contribution is 2.21. The summed E-state index contributed by atoms with van der Waals surface area (Å²) < 4.78 is 14.6. The molecule has 0 aromatic rings. The summed E-state index contributed by atoms with van der Waals surface area (Å²) in [5, 5.41) is 44.8. The SMILES string of the molecule is O=C(NCCCCCCN1C(=O)N(CCCCCCNC(=O)OCC#CCO)C(O)N(CCCCCCNC(=O)OCC#CCO)C1=O)OCC#CCO. The number of unbranched alkanes of at least 4 members (excludes halogenated alkanes) is 9. The number of rotatable bonds is 24. The van der Waals surface area contributed by atoms with Crippen molar-refractivity contribution in [3.05, 3.63) is 0 Å². The zero-order chi connectivity index (χ0) is 39.7. The fourth-order valence-electron chi connectivity index (χ4n) is 4.99. The predicted octanol–water partition coefficient (Wildman–Crippen LogP) is 1.27. The minimum atomic E-state index is -1.42. The maximum absolute atomic E-state index is 13.4. The smallest absolute Gasteiger partial charge is 0.408 e. The molecule has 0 aromatic carbocycles. The molecule has 1 saturated heterocycles. The van der Waals surface area contributed by atoms with E-state index in [0.717, 1.165) is 24.2 Å². The summed E-state index contributed by atoms with van der Waals surface area (Å²) >= 11 is 0. The van der Waals surface area contributed by atoms with Gasteiger partial charge in [0.1, 0.15) is 19.8 Å². The number of amides is 7. The second-order valence-corrected chi connectivity index (χ2v) is 11.7. The number of alkyl carbamates (subject to hydrolysis) is 3. The maximum atomic E-state index is 13.4. The molecule has 1 heterocycles. The molecule has 0 atom stereocenters. The molecule has 7 amide bonds. The molecule has 0 spiro atoms. The van der Waals surface area contributed by atoms with Crippen molar-refractivity contribution in [2.45, 2.75) is 83.4 Å². The van der Waals surface area contributed by atoms with Crippen LogP contribution >= 0.6 is 0 Å². The van der Waals surface area contributed by atoms with E-state index >= 15 is 0 Å². The Hall–Kier alpha value is -4.93. The molecule has 18 heteroatoms. The molecule has 0 bridgehead atoms. The van der Waals surface area contributed by atoms with Gasteiger partial charge in [-0.3, -0.25) is 9.80 Å². The monoisotopic (exact) mass is 764 g/mol. The summed E-state index contributed by atoms with van der Waals surface area (Å²) in [6.45, 7) is 0.472.